The van der Waals surface area contributed by atoms with Gasteiger partial charge in [-0.25, -0.2) is 0 Å². The van der Waals surface area contributed by atoms with Gasteiger partial charge in [-0.15, -0.1) is 0 Å². The van der Waals surface area contributed by atoms with Crippen molar-refractivity contribution in [3.63, 3.8) is 0 Å². The molecule has 0 aliphatic carbocycles. The molecule has 35 heavy (non-hydrogen) atoms. The van der Waals surface area contributed by atoms with Gasteiger partial charge in [-0.05, 0) is 71.7 Å². The van der Waals surface area contributed by atoms with Crippen LogP contribution in [0, 0.1) is 10.1 Å². The van der Waals surface area contributed by atoms with Gasteiger partial charge in [0.15, 0.2) is 16.6 Å². The molecule has 4 rings (SSSR count). The molecular formula is C26H23N3O5S. The molecule has 0 bridgehead atoms. The van der Waals surface area contributed by atoms with E-state index in [0.717, 1.165) is 28.8 Å². The Morgan fingerprint density at radius 2 is 1.83 bits per heavy atom. The predicted molar refractivity (Wildman–Crippen MR) is 137 cm³/mol. The number of anilines is 1. The van der Waals surface area contributed by atoms with Crippen molar-refractivity contribution in [3.05, 3.63) is 99.2 Å². The zero-order valence-electron chi connectivity index (χ0n) is 19.2. The van der Waals surface area contributed by atoms with Gasteiger partial charge >= 0.3 is 0 Å². The first-order valence-electron chi connectivity index (χ1n) is 10.9. The van der Waals surface area contributed by atoms with Crippen molar-refractivity contribution in [1.29, 1.82) is 0 Å². The Morgan fingerprint density at radius 1 is 1.09 bits per heavy atom. The molecule has 1 aliphatic rings. The second-order valence-corrected chi connectivity index (χ2v) is 8.12. The van der Waals surface area contributed by atoms with Crippen molar-refractivity contribution in [1.82, 2.24) is 5.32 Å². The molecule has 1 amide bonds. The number of ether oxygens (including phenoxy) is 2. The Kier molecular flexibility index (Phi) is 7.07. The second kappa shape index (κ2) is 10.4. The van der Waals surface area contributed by atoms with Crippen molar-refractivity contribution in [2.24, 2.45) is 0 Å². The fourth-order valence-electron chi connectivity index (χ4n) is 3.72. The van der Waals surface area contributed by atoms with Crippen molar-refractivity contribution >= 4 is 40.7 Å². The minimum absolute atomic E-state index is 0.0232. The van der Waals surface area contributed by atoms with Gasteiger partial charge in [0.25, 0.3) is 11.6 Å². The van der Waals surface area contributed by atoms with E-state index in [0.29, 0.717) is 22.3 Å². The maximum Gasteiger partial charge on any atom is 0.281 e. The summed E-state index contributed by atoms with van der Waals surface area (Å²) < 4.78 is 11.3. The minimum atomic E-state index is -0.445. The van der Waals surface area contributed by atoms with Crippen LogP contribution in [0.5, 0.6) is 11.5 Å². The van der Waals surface area contributed by atoms with E-state index in [4.69, 9.17) is 21.7 Å². The molecule has 0 unspecified atom stereocenters. The van der Waals surface area contributed by atoms with Crippen LogP contribution < -0.4 is 19.7 Å². The lowest BCUT2D eigenvalue weighted by Crippen LogP contribution is -2.31. The number of nitro groups is 1. The van der Waals surface area contributed by atoms with Crippen LogP contribution in [-0.2, 0) is 17.8 Å². The van der Waals surface area contributed by atoms with Gasteiger partial charge in [-0.1, -0.05) is 31.2 Å². The fraction of sp³-hybridized carbons (Fsp3) is 0.154. The van der Waals surface area contributed by atoms with E-state index in [9.17, 15) is 14.9 Å². The number of thiocarbonyl (C=S) groups is 1. The molecule has 1 fully saturated rings. The highest BCUT2D eigenvalue weighted by atomic mass is 32.1. The van der Waals surface area contributed by atoms with E-state index in [-0.39, 0.29) is 18.2 Å². The quantitative estimate of drug-likeness (QED) is 0.206. The van der Waals surface area contributed by atoms with E-state index in [2.05, 4.69) is 5.32 Å². The summed E-state index contributed by atoms with van der Waals surface area (Å²) in [4.78, 5) is 25.0. The average Bonchev–Trinajstić information content (AvgIpc) is 3.15. The summed E-state index contributed by atoms with van der Waals surface area (Å²) in [6.45, 7) is 2.25. The Hall–Kier alpha value is -4.24. The summed E-state index contributed by atoms with van der Waals surface area (Å²) in [7, 11) is 1.53. The maximum absolute atomic E-state index is 13.1. The first-order chi connectivity index (χ1) is 16.9. The standard InChI is InChI=1S/C26H23N3O5S/c1-3-19-6-4-5-7-22(19)28-25(30)21(27-26(28)35)14-18-10-13-23(24(15-18)33-2)34-16-17-8-11-20(12-9-17)29(31)32/h4-15H,3,16H2,1-2H3,(H,27,35)/b21-14+. The summed E-state index contributed by atoms with van der Waals surface area (Å²) in [5.74, 6) is 0.767. The van der Waals surface area contributed by atoms with E-state index >= 15 is 0 Å². The van der Waals surface area contributed by atoms with Crippen LogP contribution in [0.2, 0.25) is 0 Å². The number of non-ortho nitro benzene ring substituents is 1. The van der Waals surface area contributed by atoms with E-state index < -0.39 is 4.92 Å². The molecule has 0 spiro atoms. The van der Waals surface area contributed by atoms with E-state index in [1.54, 1.807) is 36.4 Å². The first-order valence-corrected chi connectivity index (χ1v) is 11.3. The van der Waals surface area contributed by atoms with Crippen LogP contribution in [0.3, 0.4) is 0 Å². The number of benzene rings is 3. The summed E-state index contributed by atoms with van der Waals surface area (Å²) in [6.07, 6.45) is 2.49. The minimum Gasteiger partial charge on any atom is -0.493 e. The molecular weight excluding hydrogens is 466 g/mol. The molecule has 1 aliphatic heterocycles. The van der Waals surface area contributed by atoms with Crippen molar-refractivity contribution in [2.45, 2.75) is 20.0 Å². The number of aryl methyl sites for hydroxylation is 1. The average molecular weight is 490 g/mol. The number of amides is 1. The van der Waals surface area contributed by atoms with Crippen molar-refractivity contribution in [3.8, 4) is 11.5 Å². The summed E-state index contributed by atoms with van der Waals surface area (Å²) in [5, 5.41) is 14.1. The number of rotatable bonds is 8. The number of nitrogens with one attached hydrogen (secondary N) is 1. The normalized spacial score (nSPS) is 14.2. The lowest BCUT2D eigenvalue weighted by Gasteiger charge is -2.17. The van der Waals surface area contributed by atoms with Crippen LogP contribution >= 0.6 is 12.2 Å². The Labute approximate surface area is 207 Å². The monoisotopic (exact) mass is 489 g/mol. The number of hydrogen-bond acceptors (Lipinski definition) is 6. The van der Waals surface area contributed by atoms with Crippen LogP contribution in [0.4, 0.5) is 11.4 Å². The molecule has 3 aromatic carbocycles. The molecule has 1 heterocycles. The Balaban J connectivity index is 1.51. The molecule has 0 aromatic heterocycles. The van der Waals surface area contributed by atoms with Crippen LogP contribution in [0.15, 0.2) is 72.4 Å². The molecule has 0 saturated carbocycles. The zero-order valence-corrected chi connectivity index (χ0v) is 20.0. The molecule has 9 heteroatoms. The van der Waals surface area contributed by atoms with Gasteiger partial charge in [0, 0.05) is 12.1 Å². The number of carbonyl (C=O) groups is 1. The van der Waals surface area contributed by atoms with E-state index in [1.165, 1.54) is 24.1 Å². The summed E-state index contributed by atoms with van der Waals surface area (Å²) >= 11 is 5.44. The Bertz CT molecular complexity index is 1320. The molecule has 1 saturated heterocycles. The van der Waals surface area contributed by atoms with Gasteiger partial charge in [-0.3, -0.25) is 19.8 Å². The topological polar surface area (TPSA) is 93.9 Å². The predicted octanol–water partition coefficient (Wildman–Crippen LogP) is 5.01. The third-order valence-corrected chi connectivity index (χ3v) is 5.82. The van der Waals surface area contributed by atoms with Gasteiger partial charge in [-0.2, -0.15) is 0 Å². The van der Waals surface area contributed by atoms with Crippen LogP contribution in [0.25, 0.3) is 6.08 Å². The number of nitrogens with zero attached hydrogens (tertiary/aromatic N) is 2. The number of para-hydroxylation sites is 1. The molecule has 1 N–H and O–H groups in total. The molecule has 0 atom stereocenters. The molecule has 3 aromatic rings. The SMILES string of the molecule is CCc1ccccc1N1C(=O)/C(=C\c2ccc(OCc3ccc([N+](=O)[O-])cc3)c(OC)c2)NC1=S. The fourth-order valence-corrected chi connectivity index (χ4v) is 4.01. The maximum atomic E-state index is 13.1. The summed E-state index contributed by atoms with van der Waals surface area (Å²) in [5.41, 5.74) is 3.70. The third kappa shape index (κ3) is 5.15. The van der Waals surface area contributed by atoms with Gasteiger partial charge in [0.1, 0.15) is 12.3 Å². The number of methoxy groups -OCH3 is 1. The summed E-state index contributed by atoms with van der Waals surface area (Å²) in [6, 6.07) is 19.2. The van der Waals surface area contributed by atoms with E-state index in [1.807, 2.05) is 31.2 Å². The largest absolute Gasteiger partial charge is 0.493 e. The van der Waals surface area contributed by atoms with Crippen molar-refractivity contribution in [2.75, 3.05) is 12.0 Å². The number of hydrogen-bond donors (Lipinski definition) is 1. The van der Waals surface area contributed by atoms with Crippen LogP contribution in [-0.4, -0.2) is 23.1 Å². The number of nitro benzene ring substituents is 1. The molecule has 8 nitrogen and oxygen atoms in total. The highest BCUT2D eigenvalue weighted by molar-refractivity contribution is 7.80. The van der Waals surface area contributed by atoms with Crippen molar-refractivity contribution < 1.29 is 19.2 Å². The first kappa shape index (κ1) is 23.9. The third-order valence-electron chi connectivity index (χ3n) is 5.53. The Morgan fingerprint density at radius 3 is 2.51 bits per heavy atom. The highest BCUT2D eigenvalue weighted by Gasteiger charge is 2.33. The number of carbonyl (C=O) groups excluding carboxylic acids is 1. The lowest BCUT2D eigenvalue weighted by atomic mass is 10.1. The van der Waals surface area contributed by atoms with Gasteiger partial charge in [0.2, 0.25) is 0 Å². The van der Waals surface area contributed by atoms with Crippen LogP contribution in [0.1, 0.15) is 23.6 Å². The molecule has 178 valence electrons. The second-order valence-electron chi connectivity index (χ2n) is 7.73. The lowest BCUT2D eigenvalue weighted by molar-refractivity contribution is -0.384. The van der Waals surface area contributed by atoms with Gasteiger partial charge < -0.3 is 14.8 Å². The highest BCUT2D eigenvalue weighted by Crippen LogP contribution is 2.31. The zero-order chi connectivity index (χ0) is 24.9. The van der Waals surface area contributed by atoms with Gasteiger partial charge in [0.05, 0.1) is 17.7 Å². The molecule has 0 radical (unpaired) electrons. The smallest absolute Gasteiger partial charge is 0.281 e.